The summed E-state index contributed by atoms with van der Waals surface area (Å²) < 4.78 is 1.96. The molecular weight excluding hydrogens is 218 g/mol. The number of nitrogens with zero attached hydrogens (tertiary/aromatic N) is 3. The summed E-state index contributed by atoms with van der Waals surface area (Å²) in [7, 11) is 0. The van der Waals surface area contributed by atoms with Crippen molar-refractivity contribution >= 4 is 15.9 Å². The lowest BCUT2D eigenvalue weighted by Crippen LogP contribution is -2.18. The minimum Gasteiger partial charge on any atom is -0.252 e. The number of rotatable bonds is 3. The molecule has 0 bridgehead atoms. The van der Waals surface area contributed by atoms with E-state index in [2.05, 4.69) is 26.2 Å². The zero-order valence-electron chi connectivity index (χ0n) is 6.91. The van der Waals surface area contributed by atoms with Gasteiger partial charge >= 0.3 is 0 Å². The summed E-state index contributed by atoms with van der Waals surface area (Å²) in [6, 6.07) is 0. The maximum absolute atomic E-state index is 4.05. The van der Waals surface area contributed by atoms with Crippen molar-refractivity contribution in [3.8, 4) is 0 Å². The Bertz CT molecular complexity index is 255. The number of halogens is 1. The molecule has 0 radical (unpaired) electrons. The molecule has 0 spiro atoms. The van der Waals surface area contributed by atoms with Crippen molar-refractivity contribution in [1.82, 2.24) is 15.0 Å². The molecule has 0 aromatic carbocycles. The predicted molar refractivity (Wildman–Crippen MR) is 50.0 cm³/mol. The summed E-state index contributed by atoms with van der Waals surface area (Å²) in [6.45, 7) is 1.06. The van der Waals surface area contributed by atoms with E-state index >= 15 is 0 Å². The summed E-state index contributed by atoms with van der Waals surface area (Å²) in [5, 5.41) is 8.86. The Hall–Kier alpha value is -0.380. The lowest BCUT2D eigenvalue weighted by molar-refractivity contribution is 0.264. The van der Waals surface area contributed by atoms with Crippen LogP contribution in [0.15, 0.2) is 6.20 Å². The molecule has 1 aromatic rings. The van der Waals surface area contributed by atoms with Crippen LogP contribution in [0.25, 0.3) is 0 Å². The van der Waals surface area contributed by atoms with Crippen LogP contribution in [-0.2, 0) is 11.9 Å². The lowest BCUT2D eigenvalue weighted by Gasteiger charge is -2.24. The fourth-order valence-electron chi connectivity index (χ4n) is 1.43. The Balaban J connectivity index is 1.93. The number of aromatic nitrogens is 3. The van der Waals surface area contributed by atoms with Crippen molar-refractivity contribution < 1.29 is 0 Å². The van der Waals surface area contributed by atoms with E-state index in [4.69, 9.17) is 0 Å². The van der Waals surface area contributed by atoms with Gasteiger partial charge in [-0.05, 0) is 18.8 Å². The monoisotopic (exact) mass is 229 g/mol. The van der Waals surface area contributed by atoms with Gasteiger partial charge in [-0.3, -0.25) is 4.68 Å². The molecule has 0 atom stereocenters. The second kappa shape index (κ2) is 3.56. The van der Waals surface area contributed by atoms with Gasteiger partial charge in [-0.25, -0.2) is 0 Å². The first-order chi connectivity index (χ1) is 5.88. The molecule has 1 saturated carbocycles. The van der Waals surface area contributed by atoms with E-state index < -0.39 is 0 Å². The molecule has 1 aromatic heterocycles. The van der Waals surface area contributed by atoms with Gasteiger partial charge in [0.05, 0.1) is 5.69 Å². The van der Waals surface area contributed by atoms with Crippen molar-refractivity contribution in [3.63, 3.8) is 0 Å². The molecule has 0 N–H and O–H groups in total. The quantitative estimate of drug-likeness (QED) is 0.743. The van der Waals surface area contributed by atoms with Crippen LogP contribution in [0.4, 0.5) is 0 Å². The van der Waals surface area contributed by atoms with Gasteiger partial charge < -0.3 is 0 Å². The van der Waals surface area contributed by atoms with E-state index in [0.717, 1.165) is 23.5 Å². The van der Waals surface area contributed by atoms with Crippen molar-refractivity contribution in [2.75, 3.05) is 0 Å². The van der Waals surface area contributed by atoms with Crippen molar-refractivity contribution in [2.45, 2.75) is 31.1 Å². The second-order valence-electron chi connectivity index (χ2n) is 3.36. The molecule has 0 amide bonds. The fourth-order valence-corrected chi connectivity index (χ4v) is 1.69. The molecule has 12 heavy (non-hydrogen) atoms. The fraction of sp³-hybridized carbons (Fsp3) is 0.750. The summed E-state index contributed by atoms with van der Waals surface area (Å²) in [4.78, 5) is 0. The number of hydrogen-bond acceptors (Lipinski definition) is 2. The highest BCUT2D eigenvalue weighted by molar-refractivity contribution is 9.08. The van der Waals surface area contributed by atoms with Gasteiger partial charge in [-0.2, -0.15) is 0 Å². The average Bonchev–Trinajstić information content (AvgIpc) is 2.44. The first-order valence-electron chi connectivity index (χ1n) is 4.33. The van der Waals surface area contributed by atoms with Crippen LogP contribution in [0.3, 0.4) is 0 Å². The number of alkyl halides is 1. The van der Waals surface area contributed by atoms with Gasteiger partial charge in [0.2, 0.25) is 0 Å². The Morgan fingerprint density at radius 1 is 1.58 bits per heavy atom. The van der Waals surface area contributed by atoms with Crippen LogP contribution < -0.4 is 0 Å². The maximum Gasteiger partial charge on any atom is 0.0932 e. The van der Waals surface area contributed by atoms with Crippen LogP contribution in [0.2, 0.25) is 0 Å². The highest BCUT2D eigenvalue weighted by Crippen LogP contribution is 2.27. The molecule has 1 fully saturated rings. The SMILES string of the molecule is BrCc1cn(CC2CCC2)nn1. The minimum absolute atomic E-state index is 0.803. The summed E-state index contributed by atoms with van der Waals surface area (Å²) >= 11 is 3.35. The highest BCUT2D eigenvalue weighted by atomic mass is 79.9. The third-order valence-electron chi connectivity index (χ3n) is 2.39. The first kappa shape index (κ1) is 8.23. The van der Waals surface area contributed by atoms with Crippen LogP contribution in [0, 0.1) is 5.92 Å². The van der Waals surface area contributed by atoms with Crippen molar-refractivity contribution in [1.29, 1.82) is 0 Å². The highest BCUT2D eigenvalue weighted by Gasteiger charge is 2.18. The van der Waals surface area contributed by atoms with Crippen LogP contribution in [-0.4, -0.2) is 15.0 Å². The molecule has 66 valence electrons. The van der Waals surface area contributed by atoms with Gasteiger partial charge in [-0.15, -0.1) is 5.10 Å². The van der Waals surface area contributed by atoms with E-state index in [1.165, 1.54) is 19.3 Å². The van der Waals surface area contributed by atoms with E-state index in [1.807, 2.05) is 10.9 Å². The normalized spacial score (nSPS) is 17.8. The molecule has 4 heteroatoms. The Kier molecular flexibility index (Phi) is 2.44. The summed E-state index contributed by atoms with van der Waals surface area (Å²) in [5.41, 5.74) is 1.02. The molecule has 0 saturated heterocycles. The van der Waals surface area contributed by atoms with Gasteiger partial charge in [-0.1, -0.05) is 27.6 Å². The smallest absolute Gasteiger partial charge is 0.0932 e. The third kappa shape index (κ3) is 1.68. The zero-order chi connectivity index (χ0) is 8.39. The van der Waals surface area contributed by atoms with E-state index in [-0.39, 0.29) is 0 Å². The van der Waals surface area contributed by atoms with Gasteiger partial charge in [0.1, 0.15) is 0 Å². The maximum atomic E-state index is 4.05. The first-order valence-corrected chi connectivity index (χ1v) is 5.45. The predicted octanol–water partition coefficient (Wildman–Crippen LogP) is 1.97. The number of hydrogen-bond donors (Lipinski definition) is 0. The third-order valence-corrected chi connectivity index (χ3v) is 2.97. The van der Waals surface area contributed by atoms with E-state index in [0.29, 0.717) is 0 Å². The largest absolute Gasteiger partial charge is 0.252 e. The lowest BCUT2D eigenvalue weighted by atomic mass is 9.85. The molecule has 1 aliphatic carbocycles. The Morgan fingerprint density at radius 3 is 2.92 bits per heavy atom. The van der Waals surface area contributed by atoms with Crippen molar-refractivity contribution in [3.05, 3.63) is 11.9 Å². The van der Waals surface area contributed by atoms with E-state index in [1.54, 1.807) is 0 Å². The average molecular weight is 230 g/mol. The topological polar surface area (TPSA) is 30.7 Å². The molecule has 0 unspecified atom stereocenters. The van der Waals surface area contributed by atoms with E-state index in [9.17, 15) is 0 Å². The van der Waals surface area contributed by atoms with Gasteiger partial charge in [0.25, 0.3) is 0 Å². The molecule has 1 aliphatic rings. The summed E-state index contributed by atoms with van der Waals surface area (Å²) in [6.07, 6.45) is 6.14. The zero-order valence-corrected chi connectivity index (χ0v) is 8.50. The molecular formula is C8H12BrN3. The Morgan fingerprint density at radius 2 is 2.42 bits per heavy atom. The summed E-state index contributed by atoms with van der Waals surface area (Å²) in [5.74, 6) is 0.856. The van der Waals surface area contributed by atoms with Crippen LogP contribution >= 0.6 is 15.9 Å². The molecule has 3 nitrogen and oxygen atoms in total. The molecule has 2 rings (SSSR count). The van der Waals surface area contributed by atoms with Crippen LogP contribution in [0.5, 0.6) is 0 Å². The van der Waals surface area contributed by atoms with Gasteiger partial charge in [0, 0.05) is 18.1 Å². The molecule has 0 aliphatic heterocycles. The molecule has 1 heterocycles. The van der Waals surface area contributed by atoms with Crippen LogP contribution in [0.1, 0.15) is 25.0 Å². The Labute approximate surface area is 80.3 Å². The standard InChI is InChI=1S/C8H12BrN3/c9-4-8-6-12(11-10-8)5-7-2-1-3-7/h6-7H,1-5H2. The second-order valence-corrected chi connectivity index (χ2v) is 3.92. The minimum atomic E-state index is 0.803. The van der Waals surface area contributed by atoms with Gasteiger partial charge in [0.15, 0.2) is 0 Å². The van der Waals surface area contributed by atoms with Crippen molar-refractivity contribution in [2.24, 2.45) is 5.92 Å².